The second-order valence-electron chi connectivity index (χ2n) is 5.27. The van der Waals surface area contributed by atoms with Crippen LogP contribution in [0.4, 0.5) is 0 Å². The Balaban J connectivity index is 1.81. The van der Waals surface area contributed by atoms with Gasteiger partial charge in [0.1, 0.15) is 11.3 Å². The van der Waals surface area contributed by atoms with Gasteiger partial charge in [-0.05, 0) is 24.6 Å². The van der Waals surface area contributed by atoms with Gasteiger partial charge in [0.25, 0.3) is 0 Å². The van der Waals surface area contributed by atoms with Crippen molar-refractivity contribution in [1.29, 1.82) is 0 Å². The lowest BCUT2D eigenvalue weighted by molar-refractivity contribution is 0.401. The van der Waals surface area contributed by atoms with E-state index >= 15 is 0 Å². The highest BCUT2D eigenvalue weighted by molar-refractivity contribution is 5.77. The summed E-state index contributed by atoms with van der Waals surface area (Å²) in [5.41, 5.74) is 8.08. The third kappa shape index (κ3) is 2.99. The Morgan fingerprint density at radius 2 is 1.76 bits per heavy atom. The minimum Gasteiger partial charge on any atom is -0.459 e. The Hall–Kier alpha value is -2.10. The van der Waals surface area contributed by atoms with Gasteiger partial charge in [-0.15, -0.1) is 0 Å². The summed E-state index contributed by atoms with van der Waals surface area (Å²) in [7, 11) is 0. The summed E-state index contributed by atoms with van der Waals surface area (Å²) in [6.07, 6.45) is 0. The highest BCUT2D eigenvalue weighted by Gasteiger charge is 2.17. The number of hydrogen-bond donors (Lipinski definition) is 2. The molecule has 3 aromatic rings. The lowest BCUT2D eigenvalue weighted by Gasteiger charge is -2.20. The van der Waals surface area contributed by atoms with Crippen molar-refractivity contribution in [1.82, 2.24) is 5.32 Å². The van der Waals surface area contributed by atoms with Gasteiger partial charge in [0, 0.05) is 18.0 Å². The van der Waals surface area contributed by atoms with Crippen LogP contribution in [0.5, 0.6) is 0 Å². The van der Waals surface area contributed by atoms with Crippen LogP contribution in [-0.2, 0) is 0 Å². The van der Waals surface area contributed by atoms with E-state index in [1.54, 1.807) is 0 Å². The van der Waals surface area contributed by atoms with E-state index in [-0.39, 0.29) is 12.1 Å². The molecule has 1 aromatic heterocycles. The van der Waals surface area contributed by atoms with Crippen molar-refractivity contribution in [2.45, 2.75) is 19.0 Å². The SMILES string of the molecule is CC(NC(CN)c1cc2ccccc2o1)c1ccccc1. The Morgan fingerprint density at radius 1 is 1.05 bits per heavy atom. The zero-order valence-corrected chi connectivity index (χ0v) is 12.1. The maximum Gasteiger partial charge on any atom is 0.134 e. The van der Waals surface area contributed by atoms with Gasteiger partial charge in [-0.3, -0.25) is 5.32 Å². The Kier molecular flexibility index (Phi) is 4.04. The van der Waals surface area contributed by atoms with E-state index in [1.807, 2.05) is 36.4 Å². The van der Waals surface area contributed by atoms with Crippen molar-refractivity contribution in [3.05, 3.63) is 72.0 Å². The topological polar surface area (TPSA) is 51.2 Å². The maximum absolute atomic E-state index is 5.93. The van der Waals surface area contributed by atoms with E-state index in [9.17, 15) is 0 Å². The number of nitrogens with two attached hydrogens (primary N) is 1. The van der Waals surface area contributed by atoms with E-state index < -0.39 is 0 Å². The van der Waals surface area contributed by atoms with Gasteiger partial charge in [-0.25, -0.2) is 0 Å². The largest absolute Gasteiger partial charge is 0.459 e. The van der Waals surface area contributed by atoms with Crippen molar-refractivity contribution >= 4 is 11.0 Å². The minimum atomic E-state index is 0.00704. The molecule has 0 aliphatic heterocycles. The number of para-hydroxylation sites is 1. The number of hydrogen-bond acceptors (Lipinski definition) is 3. The number of nitrogens with one attached hydrogen (secondary N) is 1. The molecule has 0 aliphatic carbocycles. The summed E-state index contributed by atoms with van der Waals surface area (Å²) in [5.74, 6) is 0.890. The van der Waals surface area contributed by atoms with E-state index in [1.165, 1.54) is 5.56 Å². The van der Waals surface area contributed by atoms with Crippen LogP contribution in [0, 0.1) is 0 Å². The predicted octanol–water partition coefficient (Wildman–Crippen LogP) is 3.78. The molecule has 0 saturated heterocycles. The summed E-state index contributed by atoms with van der Waals surface area (Å²) in [4.78, 5) is 0. The summed E-state index contributed by atoms with van der Waals surface area (Å²) in [6.45, 7) is 2.64. The smallest absolute Gasteiger partial charge is 0.134 e. The van der Waals surface area contributed by atoms with E-state index in [2.05, 4.69) is 36.5 Å². The van der Waals surface area contributed by atoms with E-state index in [0.717, 1.165) is 16.7 Å². The summed E-state index contributed by atoms with van der Waals surface area (Å²) in [6, 6.07) is 20.7. The average Bonchev–Trinajstić information content (AvgIpc) is 2.97. The molecule has 108 valence electrons. The van der Waals surface area contributed by atoms with Gasteiger partial charge < -0.3 is 10.2 Å². The number of furan rings is 1. The van der Waals surface area contributed by atoms with Crippen LogP contribution < -0.4 is 11.1 Å². The fourth-order valence-corrected chi connectivity index (χ4v) is 2.58. The van der Waals surface area contributed by atoms with Crippen LogP contribution in [0.3, 0.4) is 0 Å². The molecule has 0 amide bonds. The maximum atomic E-state index is 5.93. The molecule has 2 unspecified atom stereocenters. The van der Waals surface area contributed by atoms with Crippen molar-refractivity contribution in [2.75, 3.05) is 6.54 Å². The molecule has 0 radical (unpaired) electrons. The molecular formula is C18H20N2O. The zero-order chi connectivity index (χ0) is 14.7. The molecule has 3 N–H and O–H groups in total. The molecule has 3 rings (SSSR count). The van der Waals surface area contributed by atoms with Crippen LogP contribution in [0.25, 0.3) is 11.0 Å². The Morgan fingerprint density at radius 3 is 2.48 bits per heavy atom. The lowest BCUT2D eigenvalue weighted by Crippen LogP contribution is -2.30. The summed E-state index contributed by atoms with van der Waals surface area (Å²) < 4.78 is 5.92. The molecule has 0 fully saturated rings. The average molecular weight is 280 g/mol. The molecule has 0 bridgehead atoms. The predicted molar refractivity (Wildman–Crippen MR) is 86.0 cm³/mol. The Bertz CT molecular complexity index is 672. The molecule has 21 heavy (non-hydrogen) atoms. The molecule has 0 aliphatic rings. The van der Waals surface area contributed by atoms with Crippen molar-refractivity contribution < 1.29 is 4.42 Å². The van der Waals surface area contributed by atoms with E-state index in [4.69, 9.17) is 10.2 Å². The van der Waals surface area contributed by atoms with E-state index in [0.29, 0.717) is 6.54 Å². The third-order valence-corrected chi connectivity index (χ3v) is 3.77. The highest BCUT2D eigenvalue weighted by Crippen LogP contribution is 2.25. The lowest BCUT2D eigenvalue weighted by atomic mass is 10.1. The normalized spacial score (nSPS) is 14.2. The first-order valence-corrected chi connectivity index (χ1v) is 7.27. The van der Waals surface area contributed by atoms with Crippen LogP contribution in [0.2, 0.25) is 0 Å². The fourth-order valence-electron chi connectivity index (χ4n) is 2.58. The summed E-state index contributed by atoms with van der Waals surface area (Å²) in [5, 5.41) is 4.65. The number of rotatable bonds is 5. The third-order valence-electron chi connectivity index (χ3n) is 3.77. The molecule has 2 atom stereocenters. The number of fused-ring (bicyclic) bond motifs is 1. The first-order valence-electron chi connectivity index (χ1n) is 7.27. The first kappa shape index (κ1) is 13.9. The second-order valence-corrected chi connectivity index (χ2v) is 5.27. The van der Waals surface area contributed by atoms with Crippen molar-refractivity contribution in [3.63, 3.8) is 0 Å². The van der Waals surface area contributed by atoms with Gasteiger partial charge in [0.05, 0.1) is 6.04 Å². The zero-order valence-electron chi connectivity index (χ0n) is 12.1. The van der Waals surface area contributed by atoms with Gasteiger partial charge in [0.2, 0.25) is 0 Å². The molecule has 0 saturated carbocycles. The Labute approximate surface area is 124 Å². The highest BCUT2D eigenvalue weighted by atomic mass is 16.3. The minimum absolute atomic E-state index is 0.00704. The van der Waals surface area contributed by atoms with Crippen LogP contribution >= 0.6 is 0 Å². The molecule has 0 spiro atoms. The van der Waals surface area contributed by atoms with Crippen molar-refractivity contribution in [2.24, 2.45) is 5.73 Å². The quantitative estimate of drug-likeness (QED) is 0.747. The first-order chi connectivity index (χ1) is 10.3. The molecule has 1 heterocycles. The van der Waals surface area contributed by atoms with Gasteiger partial charge >= 0.3 is 0 Å². The molecule has 3 nitrogen and oxygen atoms in total. The fraction of sp³-hybridized carbons (Fsp3) is 0.222. The van der Waals surface area contributed by atoms with Crippen LogP contribution in [0.1, 0.15) is 30.3 Å². The van der Waals surface area contributed by atoms with Gasteiger partial charge in [-0.1, -0.05) is 48.5 Å². The molecular weight excluding hydrogens is 260 g/mol. The van der Waals surface area contributed by atoms with Gasteiger partial charge in [0.15, 0.2) is 0 Å². The number of benzene rings is 2. The summed E-state index contributed by atoms with van der Waals surface area (Å²) >= 11 is 0. The standard InChI is InChI=1S/C18H20N2O/c1-13(14-7-3-2-4-8-14)20-16(12-19)18-11-15-9-5-6-10-17(15)21-18/h2-11,13,16,20H,12,19H2,1H3. The molecule has 3 heteroatoms. The van der Waals surface area contributed by atoms with Gasteiger partial charge in [-0.2, -0.15) is 0 Å². The van der Waals surface area contributed by atoms with Crippen molar-refractivity contribution in [3.8, 4) is 0 Å². The monoisotopic (exact) mass is 280 g/mol. The second kappa shape index (κ2) is 6.12. The van der Waals surface area contributed by atoms with Crippen LogP contribution in [-0.4, -0.2) is 6.54 Å². The molecule has 2 aromatic carbocycles. The van der Waals surface area contributed by atoms with Crippen LogP contribution in [0.15, 0.2) is 65.1 Å².